The quantitative estimate of drug-likeness (QED) is 0.179. The van der Waals surface area contributed by atoms with Gasteiger partial charge in [-0.15, -0.1) is 11.3 Å². The lowest BCUT2D eigenvalue weighted by atomic mass is 10.0. The smallest absolute Gasteiger partial charge is 0.101 e. The van der Waals surface area contributed by atoms with Gasteiger partial charge < -0.3 is 13.7 Å². The van der Waals surface area contributed by atoms with Gasteiger partial charge in [0.05, 0.1) is 55.6 Å². The molecule has 9 aromatic carbocycles. The van der Waals surface area contributed by atoms with Crippen LogP contribution in [0.25, 0.3) is 113 Å². The number of hydrogen-bond acceptors (Lipinski definition) is 3. The van der Waals surface area contributed by atoms with Gasteiger partial charge in [0.1, 0.15) is 12.1 Å². The molecule has 0 aliphatic rings. The maximum Gasteiger partial charge on any atom is 0.101 e. The molecule has 4 heterocycles. The monoisotopic (exact) mass is 779 g/mol. The Hall–Kier alpha value is -8.16. The molecule has 0 spiro atoms. The van der Waals surface area contributed by atoms with E-state index >= 15 is 0 Å². The van der Waals surface area contributed by atoms with Crippen LogP contribution in [0.3, 0.4) is 0 Å². The molecule has 0 bridgehead atoms. The molecule has 0 aliphatic carbocycles. The van der Waals surface area contributed by atoms with E-state index in [1.54, 1.807) is 11.3 Å². The second-order valence-electron chi connectivity index (χ2n) is 15.5. The van der Waals surface area contributed by atoms with Gasteiger partial charge in [0, 0.05) is 58.2 Å². The first-order chi connectivity index (χ1) is 29.7. The molecule has 276 valence electrons. The summed E-state index contributed by atoms with van der Waals surface area (Å²) in [5, 5.41) is 33.7. The number of nitrogens with zero attached hydrogens (tertiary/aromatic N) is 5. The van der Waals surface area contributed by atoms with Gasteiger partial charge in [-0.1, -0.05) is 103 Å². The normalized spacial score (nSPS) is 12.0. The van der Waals surface area contributed by atoms with E-state index < -0.39 is 0 Å². The summed E-state index contributed by atoms with van der Waals surface area (Å²) in [7, 11) is 0. The SMILES string of the molecule is N#Cc1cc(-n2c3ccc(-n4c5ccccc5c5ccccc54)cc3c3c4c(ccc32)sc2ccccc24)c(C#N)cc1-n1c2ccccc2c2c3ccccc3ccc21. The molecule has 0 aliphatic heterocycles. The van der Waals surface area contributed by atoms with Crippen molar-refractivity contribution in [1.29, 1.82) is 10.5 Å². The fraction of sp³-hybridized carbons (Fsp3) is 0. The highest BCUT2D eigenvalue weighted by Gasteiger charge is 2.24. The third-order valence-electron chi connectivity index (χ3n) is 12.5. The molecule has 5 nitrogen and oxygen atoms in total. The van der Waals surface area contributed by atoms with Crippen molar-refractivity contribution in [2.75, 3.05) is 0 Å². The van der Waals surface area contributed by atoms with E-state index in [4.69, 9.17) is 0 Å². The largest absolute Gasteiger partial charge is 0.309 e. The van der Waals surface area contributed by atoms with E-state index in [1.165, 1.54) is 30.9 Å². The van der Waals surface area contributed by atoms with Crippen LogP contribution < -0.4 is 0 Å². The first kappa shape index (κ1) is 32.9. The van der Waals surface area contributed by atoms with Crippen LogP contribution >= 0.6 is 11.3 Å². The number of aromatic nitrogens is 3. The van der Waals surface area contributed by atoms with Gasteiger partial charge in [0.15, 0.2) is 0 Å². The van der Waals surface area contributed by atoms with Crippen LogP contribution in [0.15, 0.2) is 176 Å². The Morgan fingerprint density at radius 1 is 0.350 bits per heavy atom. The molecule has 13 rings (SSSR count). The van der Waals surface area contributed by atoms with Crippen molar-refractivity contribution in [1.82, 2.24) is 13.7 Å². The van der Waals surface area contributed by atoms with Gasteiger partial charge in [-0.2, -0.15) is 10.5 Å². The summed E-state index contributed by atoms with van der Waals surface area (Å²) in [6, 6.07) is 66.9. The van der Waals surface area contributed by atoms with E-state index in [2.05, 4.69) is 184 Å². The molecule has 4 aromatic heterocycles. The Kier molecular flexibility index (Phi) is 6.67. The predicted molar refractivity (Wildman–Crippen MR) is 249 cm³/mol. The molecular formula is C54H29N5S. The lowest BCUT2D eigenvalue weighted by Crippen LogP contribution is -2.04. The zero-order valence-corrected chi connectivity index (χ0v) is 32.7. The summed E-state index contributed by atoms with van der Waals surface area (Å²) < 4.78 is 9.15. The van der Waals surface area contributed by atoms with Crippen LogP contribution in [-0.4, -0.2) is 13.7 Å². The van der Waals surface area contributed by atoms with Crippen LogP contribution in [-0.2, 0) is 0 Å². The summed E-state index contributed by atoms with van der Waals surface area (Å²) in [5.74, 6) is 0. The minimum Gasteiger partial charge on any atom is -0.309 e. The Balaban J connectivity index is 1.13. The van der Waals surface area contributed by atoms with E-state index in [-0.39, 0.29) is 0 Å². The van der Waals surface area contributed by atoms with E-state index in [9.17, 15) is 10.5 Å². The number of para-hydroxylation sites is 3. The molecule has 60 heavy (non-hydrogen) atoms. The Morgan fingerprint density at radius 3 is 1.55 bits per heavy atom. The third kappa shape index (κ3) is 4.32. The van der Waals surface area contributed by atoms with Crippen LogP contribution in [0.2, 0.25) is 0 Å². The molecule has 0 N–H and O–H groups in total. The molecule has 13 aromatic rings. The first-order valence-electron chi connectivity index (χ1n) is 20.0. The molecule has 6 heteroatoms. The fourth-order valence-electron chi connectivity index (χ4n) is 10.0. The molecule has 0 saturated heterocycles. The molecule has 0 radical (unpaired) electrons. The van der Waals surface area contributed by atoms with Gasteiger partial charge in [0.25, 0.3) is 0 Å². The molecular weight excluding hydrogens is 751 g/mol. The lowest BCUT2D eigenvalue weighted by molar-refractivity contribution is 1.12. The van der Waals surface area contributed by atoms with Crippen molar-refractivity contribution in [2.45, 2.75) is 0 Å². The highest BCUT2D eigenvalue weighted by molar-refractivity contribution is 7.26. The van der Waals surface area contributed by atoms with Crippen molar-refractivity contribution >= 4 is 108 Å². The zero-order chi connectivity index (χ0) is 39.6. The summed E-state index contributed by atoms with van der Waals surface area (Å²) >= 11 is 1.80. The second-order valence-corrected chi connectivity index (χ2v) is 16.6. The Labute approximate surface area is 346 Å². The topological polar surface area (TPSA) is 62.4 Å². The molecule has 0 saturated carbocycles. The third-order valence-corrected chi connectivity index (χ3v) is 13.6. The van der Waals surface area contributed by atoms with Gasteiger partial charge in [-0.05, 0) is 83.6 Å². The fourth-order valence-corrected chi connectivity index (χ4v) is 11.2. The minimum absolute atomic E-state index is 0.483. The average Bonchev–Trinajstić information content (AvgIpc) is 4.04. The number of thiophene rings is 1. The summed E-state index contributed by atoms with van der Waals surface area (Å²) in [6.45, 7) is 0. The maximum absolute atomic E-state index is 11.1. The van der Waals surface area contributed by atoms with Crippen LogP contribution in [0.4, 0.5) is 0 Å². The zero-order valence-electron chi connectivity index (χ0n) is 31.9. The van der Waals surface area contributed by atoms with E-state index in [1.807, 2.05) is 18.2 Å². The second kappa shape index (κ2) is 12.2. The lowest BCUT2D eigenvalue weighted by Gasteiger charge is -2.16. The van der Waals surface area contributed by atoms with Crippen LogP contribution in [0.5, 0.6) is 0 Å². The molecule has 0 fully saturated rings. The number of fused-ring (bicyclic) bond motifs is 15. The van der Waals surface area contributed by atoms with Crippen molar-refractivity contribution in [2.24, 2.45) is 0 Å². The van der Waals surface area contributed by atoms with Crippen LogP contribution in [0, 0.1) is 22.7 Å². The average molecular weight is 780 g/mol. The van der Waals surface area contributed by atoms with Crippen molar-refractivity contribution in [3.63, 3.8) is 0 Å². The number of nitriles is 2. The number of rotatable bonds is 3. The maximum atomic E-state index is 11.1. The molecule has 0 amide bonds. The summed E-state index contributed by atoms with van der Waals surface area (Å²) in [6.07, 6.45) is 0. The first-order valence-corrected chi connectivity index (χ1v) is 20.8. The van der Waals surface area contributed by atoms with Crippen molar-refractivity contribution in [3.05, 3.63) is 187 Å². The van der Waals surface area contributed by atoms with Gasteiger partial charge >= 0.3 is 0 Å². The standard InChI is InChI=1S/C54H29N5S/c55-30-33-28-49(34(31-56)27-48(33)58-44-19-9-5-15-39(44)52-36-12-2-1-11-32(36)21-23-46(52)58)59-45-24-22-35(57-42-17-7-3-13-37(42)38-14-4-8-18-43(38)57)29-41(45)53-47(59)25-26-51-54(53)40-16-6-10-20-50(40)60-51/h1-29H. The van der Waals surface area contributed by atoms with Gasteiger partial charge in [0.2, 0.25) is 0 Å². The Morgan fingerprint density at radius 2 is 0.867 bits per heavy atom. The van der Waals surface area contributed by atoms with Crippen molar-refractivity contribution < 1.29 is 0 Å². The molecule has 0 unspecified atom stereocenters. The molecule has 0 atom stereocenters. The minimum atomic E-state index is 0.483. The van der Waals surface area contributed by atoms with Gasteiger partial charge in [-0.3, -0.25) is 0 Å². The number of benzene rings is 9. The van der Waals surface area contributed by atoms with E-state index in [0.29, 0.717) is 22.5 Å². The Bertz CT molecular complexity index is 4050. The highest BCUT2D eigenvalue weighted by atomic mass is 32.1. The van der Waals surface area contributed by atoms with Crippen LogP contribution in [0.1, 0.15) is 11.1 Å². The highest BCUT2D eigenvalue weighted by Crippen LogP contribution is 2.46. The summed E-state index contributed by atoms with van der Waals surface area (Å²) in [5.41, 5.74) is 9.59. The predicted octanol–water partition coefficient (Wildman–Crippen LogP) is 14.2. The van der Waals surface area contributed by atoms with E-state index in [0.717, 1.165) is 71.1 Å². The van der Waals surface area contributed by atoms with Crippen molar-refractivity contribution in [3.8, 4) is 29.2 Å². The summed E-state index contributed by atoms with van der Waals surface area (Å²) in [4.78, 5) is 0. The number of hydrogen-bond donors (Lipinski definition) is 0. The van der Waals surface area contributed by atoms with Gasteiger partial charge in [-0.25, -0.2) is 0 Å².